The van der Waals surface area contributed by atoms with Gasteiger partial charge in [0.2, 0.25) is 0 Å². The molecule has 0 radical (unpaired) electrons. The molecule has 4 aliphatic carbocycles. The number of hydrogen-bond donors (Lipinski definition) is 0. The summed E-state index contributed by atoms with van der Waals surface area (Å²) >= 11 is 0. The molecule has 1 heterocycles. The number of epoxide rings is 1. The van der Waals surface area contributed by atoms with Crippen LogP contribution in [0.5, 0.6) is 0 Å². The molecular weight excluding hydrogens is 460 g/mol. The monoisotopic (exact) mass is 508 g/mol. The van der Waals surface area contributed by atoms with Crippen LogP contribution in [0.3, 0.4) is 0 Å². The smallest absolute Gasteiger partial charge is 0.100 e. The Kier molecular flexibility index (Phi) is 6.34. The first-order chi connectivity index (χ1) is 18.1. The lowest BCUT2D eigenvalue weighted by molar-refractivity contribution is -0.0538. The molecule has 1 aromatic carbocycles. The van der Waals surface area contributed by atoms with E-state index in [0.29, 0.717) is 17.4 Å². The molecule has 1 aromatic rings. The van der Waals surface area contributed by atoms with Gasteiger partial charge in [-0.05, 0) is 118 Å². The minimum absolute atomic E-state index is 0.203. The lowest BCUT2D eigenvalue weighted by Gasteiger charge is -2.58. The van der Waals surface area contributed by atoms with Gasteiger partial charge in [0.15, 0.2) is 0 Å². The molecule has 6 rings (SSSR count). The van der Waals surface area contributed by atoms with Crippen molar-refractivity contribution in [1.29, 1.82) is 0 Å². The van der Waals surface area contributed by atoms with Crippen LogP contribution in [-0.4, -0.2) is 11.7 Å². The van der Waals surface area contributed by atoms with E-state index < -0.39 is 0 Å². The Morgan fingerprint density at radius 2 is 1.87 bits per heavy atom. The average molecular weight is 509 g/mol. The van der Waals surface area contributed by atoms with Crippen LogP contribution in [0.15, 0.2) is 77.9 Å². The average Bonchev–Trinajstić information content (AvgIpc) is 3.45. The molecule has 8 atom stereocenters. The van der Waals surface area contributed by atoms with Gasteiger partial charge in [0.1, 0.15) is 5.60 Å². The molecule has 5 aliphatic rings. The summed E-state index contributed by atoms with van der Waals surface area (Å²) in [5.74, 6) is 2.82. The van der Waals surface area contributed by atoms with E-state index in [1.165, 1.54) is 66.4 Å². The first kappa shape index (κ1) is 26.1. The zero-order chi connectivity index (χ0) is 26.9. The zero-order valence-electron chi connectivity index (χ0n) is 24.5. The van der Waals surface area contributed by atoms with E-state index in [-0.39, 0.29) is 11.0 Å². The third kappa shape index (κ3) is 3.90. The Hall–Kier alpha value is -2.12. The van der Waals surface area contributed by atoms with Crippen LogP contribution in [-0.2, 0) is 4.74 Å². The molecule has 38 heavy (non-hydrogen) atoms. The van der Waals surface area contributed by atoms with E-state index in [0.717, 1.165) is 30.6 Å². The fraction of sp³-hybridized carbons (Fsp3) is 0.568. The van der Waals surface area contributed by atoms with Gasteiger partial charge in [0.05, 0.1) is 6.10 Å². The van der Waals surface area contributed by atoms with E-state index in [9.17, 15) is 0 Å². The number of allylic oxidation sites excluding steroid dienone is 7. The maximum absolute atomic E-state index is 6.36. The van der Waals surface area contributed by atoms with E-state index in [1.807, 2.05) is 0 Å². The molecule has 1 spiro atoms. The summed E-state index contributed by atoms with van der Waals surface area (Å²) in [5, 5.41) is 0. The third-order valence-corrected chi connectivity index (χ3v) is 12.2. The predicted octanol–water partition coefficient (Wildman–Crippen LogP) is 9.80. The fourth-order valence-corrected chi connectivity index (χ4v) is 9.71. The summed E-state index contributed by atoms with van der Waals surface area (Å²) < 4.78 is 6.36. The van der Waals surface area contributed by atoms with Crippen LogP contribution in [0.2, 0.25) is 0 Å². The second kappa shape index (κ2) is 9.22. The molecule has 1 saturated heterocycles. The van der Waals surface area contributed by atoms with Crippen LogP contribution in [0, 0.1) is 41.4 Å². The highest BCUT2D eigenvalue weighted by Gasteiger charge is 2.73. The van der Waals surface area contributed by atoms with Gasteiger partial charge in [0, 0.05) is 11.3 Å². The van der Waals surface area contributed by atoms with E-state index in [2.05, 4.69) is 96.3 Å². The Morgan fingerprint density at radius 1 is 1.13 bits per heavy atom. The Bertz CT molecular complexity index is 1240. The van der Waals surface area contributed by atoms with Crippen molar-refractivity contribution in [3.8, 4) is 0 Å². The molecule has 4 unspecified atom stereocenters. The Morgan fingerprint density at radius 3 is 2.58 bits per heavy atom. The van der Waals surface area contributed by atoms with Crippen LogP contribution in [0.1, 0.15) is 90.2 Å². The largest absolute Gasteiger partial charge is 0.366 e. The molecule has 4 fully saturated rings. The van der Waals surface area contributed by atoms with Crippen molar-refractivity contribution in [2.24, 2.45) is 34.5 Å². The van der Waals surface area contributed by atoms with Crippen molar-refractivity contribution >= 4 is 6.08 Å². The zero-order valence-corrected chi connectivity index (χ0v) is 24.5. The minimum Gasteiger partial charge on any atom is -0.366 e. The second-order valence-electron chi connectivity index (χ2n) is 14.0. The predicted molar refractivity (Wildman–Crippen MR) is 161 cm³/mol. The standard InChI is InChI=1S/C37H48O/c1-24(2)28(12-14-29-11-9-8-10-25(29)3)13-15-30-23-35(6)31(22-26(30)4)16-17-32-33(35)18-20-36(7)34(32)19-21-37(36)27(5)38-37/h8-12,14-15,22,27-28,32-34H,1,4,13,16-21,23H2,2-3,5-7H3/b14-12+,30-15-/t27?,28?,32?,33?,34-,35-,36-,37+/m0/s1. The number of benzene rings is 1. The van der Waals surface area contributed by atoms with Crippen molar-refractivity contribution in [3.63, 3.8) is 0 Å². The van der Waals surface area contributed by atoms with Crippen molar-refractivity contribution in [1.82, 2.24) is 0 Å². The van der Waals surface area contributed by atoms with Gasteiger partial charge in [-0.3, -0.25) is 0 Å². The third-order valence-electron chi connectivity index (χ3n) is 12.2. The van der Waals surface area contributed by atoms with Gasteiger partial charge in [-0.15, -0.1) is 0 Å². The molecule has 3 saturated carbocycles. The number of aryl methyl sites for hydroxylation is 1. The highest BCUT2D eigenvalue weighted by molar-refractivity contribution is 5.54. The van der Waals surface area contributed by atoms with Crippen molar-refractivity contribution in [2.45, 2.75) is 97.7 Å². The summed E-state index contributed by atoms with van der Waals surface area (Å²) in [6, 6.07) is 8.61. The summed E-state index contributed by atoms with van der Waals surface area (Å²) in [7, 11) is 0. The second-order valence-corrected chi connectivity index (χ2v) is 14.0. The molecule has 0 N–H and O–H groups in total. The normalized spacial score (nSPS) is 41.6. The topological polar surface area (TPSA) is 12.5 Å². The Balaban J connectivity index is 1.22. The molecule has 1 heteroatoms. The maximum Gasteiger partial charge on any atom is 0.100 e. The van der Waals surface area contributed by atoms with Gasteiger partial charge >= 0.3 is 0 Å². The van der Waals surface area contributed by atoms with Gasteiger partial charge in [-0.2, -0.15) is 0 Å². The lowest BCUT2D eigenvalue weighted by Crippen LogP contribution is -2.52. The molecule has 1 aliphatic heterocycles. The SMILES string of the molecule is C=C1C=C2CCC3C(CC[C@@]4(C)[C@H]3CC[C@]43OC3C)[C@@]2(C)C/C1=C/CC(/C=C/c1ccccc1C)C(=C)C. The van der Waals surface area contributed by atoms with Gasteiger partial charge in [-0.1, -0.05) is 86.7 Å². The summed E-state index contributed by atoms with van der Waals surface area (Å²) in [5.41, 5.74) is 9.12. The quantitative estimate of drug-likeness (QED) is 0.285. The fourth-order valence-electron chi connectivity index (χ4n) is 9.71. The molecule has 202 valence electrons. The van der Waals surface area contributed by atoms with Gasteiger partial charge in [0.25, 0.3) is 0 Å². The van der Waals surface area contributed by atoms with Crippen LogP contribution >= 0.6 is 0 Å². The highest BCUT2D eigenvalue weighted by Crippen LogP contribution is 2.72. The Labute approximate surface area is 231 Å². The lowest BCUT2D eigenvalue weighted by atomic mass is 9.46. The molecular formula is C37H48O. The van der Waals surface area contributed by atoms with Crippen LogP contribution in [0.25, 0.3) is 6.08 Å². The van der Waals surface area contributed by atoms with Crippen molar-refractivity contribution in [2.75, 3.05) is 0 Å². The molecule has 0 amide bonds. The number of fused-ring (bicyclic) bond motifs is 6. The summed E-state index contributed by atoms with van der Waals surface area (Å²) in [6.07, 6.45) is 20.2. The van der Waals surface area contributed by atoms with Crippen molar-refractivity contribution < 1.29 is 4.74 Å². The van der Waals surface area contributed by atoms with Gasteiger partial charge < -0.3 is 4.74 Å². The van der Waals surface area contributed by atoms with Crippen LogP contribution < -0.4 is 0 Å². The van der Waals surface area contributed by atoms with Gasteiger partial charge in [-0.25, -0.2) is 0 Å². The number of rotatable bonds is 5. The summed E-state index contributed by atoms with van der Waals surface area (Å²) in [4.78, 5) is 0. The highest BCUT2D eigenvalue weighted by atomic mass is 16.6. The van der Waals surface area contributed by atoms with Crippen LogP contribution in [0.4, 0.5) is 0 Å². The first-order valence-corrected chi connectivity index (χ1v) is 15.3. The molecule has 1 nitrogen and oxygen atoms in total. The molecule has 0 aromatic heterocycles. The molecule has 0 bridgehead atoms. The first-order valence-electron chi connectivity index (χ1n) is 15.3. The van der Waals surface area contributed by atoms with Crippen molar-refractivity contribution in [3.05, 3.63) is 89.1 Å². The number of hydrogen-bond acceptors (Lipinski definition) is 1. The van der Waals surface area contributed by atoms with E-state index in [1.54, 1.807) is 5.57 Å². The van der Waals surface area contributed by atoms with E-state index in [4.69, 9.17) is 4.74 Å². The minimum atomic E-state index is 0.203. The number of ether oxygens (including phenoxy) is 1. The summed E-state index contributed by atoms with van der Waals surface area (Å²) in [6.45, 7) is 20.8. The van der Waals surface area contributed by atoms with E-state index >= 15 is 0 Å². The maximum atomic E-state index is 6.36.